The molecule has 5 nitrogen and oxygen atoms in total. The number of aryl methyl sites for hydroxylation is 2. The molecule has 0 saturated heterocycles. The fourth-order valence-corrected chi connectivity index (χ4v) is 4.24. The van der Waals surface area contributed by atoms with Crippen molar-refractivity contribution in [1.29, 1.82) is 0 Å². The number of hydrogen-bond donors (Lipinski definition) is 1. The van der Waals surface area contributed by atoms with Gasteiger partial charge < -0.3 is 5.32 Å². The van der Waals surface area contributed by atoms with Gasteiger partial charge in [-0.3, -0.25) is 9.10 Å². The van der Waals surface area contributed by atoms with E-state index in [1.807, 2.05) is 19.9 Å². The van der Waals surface area contributed by atoms with Crippen LogP contribution in [-0.2, 0) is 14.8 Å². The Balaban J connectivity index is 2.40. The van der Waals surface area contributed by atoms with Crippen LogP contribution in [0.3, 0.4) is 0 Å². The highest BCUT2D eigenvalue weighted by molar-refractivity contribution is 7.92. The van der Waals surface area contributed by atoms with Crippen molar-refractivity contribution < 1.29 is 13.2 Å². The van der Waals surface area contributed by atoms with E-state index in [1.165, 1.54) is 4.31 Å². The predicted octanol–water partition coefficient (Wildman–Crippen LogP) is 4.14. The first kappa shape index (κ1) is 20.3. The SMILES string of the molecule is CC[C@@H](C(=O)Nc1ccc(Cl)cc1C)N(c1cccc(C)c1)S(C)(=O)=O. The van der Waals surface area contributed by atoms with Gasteiger partial charge in [-0.25, -0.2) is 8.42 Å². The van der Waals surface area contributed by atoms with Gasteiger partial charge in [0.05, 0.1) is 11.9 Å². The summed E-state index contributed by atoms with van der Waals surface area (Å²) in [4.78, 5) is 12.9. The third kappa shape index (κ3) is 4.77. The Kier molecular flexibility index (Phi) is 6.31. The number of benzene rings is 2. The second kappa shape index (κ2) is 8.10. The summed E-state index contributed by atoms with van der Waals surface area (Å²) in [7, 11) is -3.65. The quantitative estimate of drug-likeness (QED) is 0.800. The smallest absolute Gasteiger partial charge is 0.248 e. The van der Waals surface area contributed by atoms with Crippen molar-refractivity contribution in [3.63, 3.8) is 0 Å². The maximum absolute atomic E-state index is 12.9. The largest absolute Gasteiger partial charge is 0.324 e. The molecule has 7 heteroatoms. The minimum atomic E-state index is -3.65. The third-order valence-corrected chi connectivity index (χ3v) is 5.45. The molecule has 0 spiro atoms. The highest BCUT2D eigenvalue weighted by Crippen LogP contribution is 2.25. The zero-order valence-electron chi connectivity index (χ0n) is 15.3. The third-order valence-electron chi connectivity index (χ3n) is 4.03. The second-order valence-electron chi connectivity index (χ2n) is 6.27. The van der Waals surface area contributed by atoms with E-state index < -0.39 is 16.1 Å². The molecule has 1 amide bonds. The Bertz CT molecular complexity index is 913. The average molecular weight is 395 g/mol. The van der Waals surface area contributed by atoms with Gasteiger partial charge in [-0.1, -0.05) is 30.7 Å². The first-order chi connectivity index (χ1) is 12.1. The van der Waals surface area contributed by atoms with Crippen LogP contribution in [0, 0.1) is 13.8 Å². The van der Waals surface area contributed by atoms with Gasteiger partial charge >= 0.3 is 0 Å². The fourth-order valence-electron chi connectivity index (χ4n) is 2.81. The molecule has 0 fully saturated rings. The molecule has 2 aromatic carbocycles. The minimum absolute atomic E-state index is 0.333. The molecule has 0 radical (unpaired) electrons. The van der Waals surface area contributed by atoms with Crippen LogP contribution in [0.15, 0.2) is 42.5 Å². The summed E-state index contributed by atoms with van der Waals surface area (Å²) < 4.78 is 26.1. The van der Waals surface area contributed by atoms with Crippen molar-refractivity contribution in [2.24, 2.45) is 0 Å². The second-order valence-corrected chi connectivity index (χ2v) is 8.57. The van der Waals surface area contributed by atoms with Crippen LogP contribution in [0.4, 0.5) is 11.4 Å². The lowest BCUT2D eigenvalue weighted by Crippen LogP contribution is -2.47. The Hall–Kier alpha value is -2.05. The number of carbonyl (C=O) groups excluding carboxylic acids is 1. The van der Waals surface area contributed by atoms with E-state index in [1.54, 1.807) is 43.3 Å². The topological polar surface area (TPSA) is 66.5 Å². The van der Waals surface area contributed by atoms with Crippen molar-refractivity contribution in [1.82, 2.24) is 0 Å². The number of carbonyl (C=O) groups is 1. The molecular formula is C19H23ClN2O3S. The van der Waals surface area contributed by atoms with Crippen LogP contribution >= 0.6 is 11.6 Å². The summed E-state index contributed by atoms with van der Waals surface area (Å²) in [5.74, 6) is -0.384. The standard InChI is InChI=1S/C19H23ClN2O3S/c1-5-18(19(23)21-17-10-9-15(20)12-14(17)3)22(26(4,24)25)16-8-6-7-13(2)11-16/h6-12,18H,5H2,1-4H3,(H,21,23)/t18-/m0/s1. The van der Waals surface area contributed by atoms with E-state index >= 15 is 0 Å². The van der Waals surface area contributed by atoms with Gasteiger partial charge in [0.25, 0.3) is 0 Å². The van der Waals surface area contributed by atoms with Crippen molar-refractivity contribution in [3.8, 4) is 0 Å². The van der Waals surface area contributed by atoms with Gasteiger partial charge in [-0.15, -0.1) is 0 Å². The molecule has 0 aliphatic rings. The molecule has 0 unspecified atom stereocenters. The number of rotatable bonds is 6. The zero-order valence-corrected chi connectivity index (χ0v) is 16.9. The average Bonchev–Trinajstić information content (AvgIpc) is 2.53. The lowest BCUT2D eigenvalue weighted by Gasteiger charge is -2.30. The van der Waals surface area contributed by atoms with E-state index in [0.717, 1.165) is 17.4 Å². The molecule has 26 heavy (non-hydrogen) atoms. The number of halogens is 1. The van der Waals surface area contributed by atoms with Crippen molar-refractivity contribution in [3.05, 3.63) is 58.6 Å². The van der Waals surface area contributed by atoms with Gasteiger partial charge in [-0.2, -0.15) is 0 Å². The Morgan fingerprint density at radius 1 is 1.19 bits per heavy atom. The first-order valence-electron chi connectivity index (χ1n) is 8.26. The summed E-state index contributed by atoms with van der Waals surface area (Å²) in [5.41, 5.74) is 2.81. The van der Waals surface area contributed by atoms with Crippen LogP contribution in [0.5, 0.6) is 0 Å². The molecule has 1 atom stereocenters. The van der Waals surface area contributed by atoms with Gasteiger partial charge in [0, 0.05) is 10.7 Å². The molecule has 0 aromatic heterocycles. The lowest BCUT2D eigenvalue weighted by molar-refractivity contribution is -0.117. The monoisotopic (exact) mass is 394 g/mol. The molecule has 0 heterocycles. The van der Waals surface area contributed by atoms with Crippen LogP contribution < -0.4 is 9.62 Å². The van der Waals surface area contributed by atoms with Crippen molar-refractivity contribution in [2.75, 3.05) is 15.9 Å². The minimum Gasteiger partial charge on any atom is -0.324 e. The van der Waals surface area contributed by atoms with Gasteiger partial charge in [0.1, 0.15) is 6.04 Å². The normalized spacial score (nSPS) is 12.5. The fraction of sp³-hybridized carbons (Fsp3) is 0.316. The molecule has 0 bridgehead atoms. The molecule has 1 N–H and O–H groups in total. The maximum Gasteiger partial charge on any atom is 0.248 e. The Morgan fingerprint density at radius 3 is 2.42 bits per heavy atom. The Morgan fingerprint density at radius 2 is 1.88 bits per heavy atom. The number of nitrogens with one attached hydrogen (secondary N) is 1. The number of anilines is 2. The number of nitrogens with zero attached hydrogens (tertiary/aromatic N) is 1. The van der Waals surface area contributed by atoms with E-state index in [4.69, 9.17) is 11.6 Å². The lowest BCUT2D eigenvalue weighted by atomic mass is 10.1. The van der Waals surface area contributed by atoms with Crippen molar-refractivity contribution >= 4 is 38.9 Å². The number of hydrogen-bond acceptors (Lipinski definition) is 3. The molecule has 0 aliphatic carbocycles. The van der Waals surface area contributed by atoms with Gasteiger partial charge in [-0.05, 0) is 61.7 Å². The summed E-state index contributed by atoms with van der Waals surface area (Å²) in [5, 5.41) is 3.40. The van der Waals surface area contributed by atoms with Crippen LogP contribution in [0.1, 0.15) is 24.5 Å². The van der Waals surface area contributed by atoms with Gasteiger partial charge in [0.15, 0.2) is 0 Å². The van der Waals surface area contributed by atoms with Crippen LogP contribution in [0.25, 0.3) is 0 Å². The highest BCUT2D eigenvalue weighted by atomic mass is 35.5. The molecule has 0 aliphatic heterocycles. The first-order valence-corrected chi connectivity index (χ1v) is 10.5. The summed E-state index contributed by atoms with van der Waals surface area (Å²) >= 11 is 5.95. The van der Waals surface area contributed by atoms with E-state index in [2.05, 4.69) is 5.32 Å². The van der Waals surface area contributed by atoms with Gasteiger partial charge in [0.2, 0.25) is 15.9 Å². The maximum atomic E-state index is 12.9. The van der Waals surface area contributed by atoms with Crippen LogP contribution in [-0.4, -0.2) is 26.6 Å². The Labute approximate surface area is 160 Å². The summed E-state index contributed by atoms with van der Waals surface area (Å²) in [6.07, 6.45) is 1.44. The summed E-state index contributed by atoms with van der Waals surface area (Å²) in [6, 6.07) is 11.4. The molecule has 2 aromatic rings. The van der Waals surface area contributed by atoms with E-state index in [0.29, 0.717) is 22.8 Å². The van der Waals surface area contributed by atoms with Crippen LogP contribution in [0.2, 0.25) is 5.02 Å². The number of sulfonamides is 1. The van der Waals surface area contributed by atoms with E-state index in [9.17, 15) is 13.2 Å². The zero-order chi connectivity index (χ0) is 19.5. The molecule has 140 valence electrons. The molecule has 0 saturated carbocycles. The summed E-state index contributed by atoms with van der Waals surface area (Å²) in [6.45, 7) is 5.49. The van der Waals surface area contributed by atoms with E-state index in [-0.39, 0.29) is 5.91 Å². The molecular weight excluding hydrogens is 372 g/mol. The molecule has 2 rings (SSSR count). The van der Waals surface area contributed by atoms with Crippen molar-refractivity contribution in [2.45, 2.75) is 33.2 Å². The number of amides is 1. The predicted molar refractivity (Wildman–Crippen MR) is 107 cm³/mol. The highest BCUT2D eigenvalue weighted by Gasteiger charge is 2.31.